The molecule has 0 amide bonds. The minimum absolute atomic E-state index is 0.942. The first-order chi connectivity index (χ1) is 6.33. The van der Waals surface area contributed by atoms with E-state index in [1.54, 1.807) is 0 Å². The van der Waals surface area contributed by atoms with Gasteiger partial charge in [0.05, 0.1) is 6.20 Å². The largest absolute Gasteiger partial charge is 0.313 e. The first-order valence-electron chi connectivity index (χ1n) is 5.01. The molecule has 0 bridgehead atoms. The third-order valence-corrected chi connectivity index (χ3v) is 2.04. The van der Waals surface area contributed by atoms with Crippen molar-refractivity contribution < 1.29 is 0 Å². The summed E-state index contributed by atoms with van der Waals surface area (Å²) in [6, 6.07) is 0. The van der Waals surface area contributed by atoms with Crippen molar-refractivity contribution >= 4 is 0 Å². The molecule has 3 nitrogen and oxygen atoms in total. The first-order valence-corrected chi connectivity index (χ1v) is 5.01. The van der Waals surface area contributed by atoms with Crippen LogP contribution in [0.3, 0.4) is 0 Å². The lowest BCUT2D eigenvalue weighted by molar-refractivity contribution is 0.616. The van der Waals surface area contributed by atoms with Crippen molar-refractivity contribution in [2.45, 2.75) is 32.7 Å². The highest BCUT2D eigenvalue weighted by Gasteiger charge is 1.94. The Morgan fingerprint density at radius 2 is 2.31 bits per heavy atom. The molecule has 0 aliphatic heterocycles. The van der Waals surface area contributed by atoms with Crippen molar-refractivity contribution in [2.75, 3.05) is 6.54 Å². The van der Waals surface area contributed by atoms with Crippen molar-refractivity contribution in [3.8, 4) is 0 Å². The Morgan fingerprint density at radius 3 is 2.92 bits per heavy atom. The van der Waals surface area contributed by atoms with Crippen molar-refractivity contribution in [1.29, 1.82) is 0 Å². The van der Waals surface area contributed by atoms with Gasteiger partial charge in [-0.3, -0.25) is 4.68 Å². The lowest BCUT2D eigenvalue weighted by atomic mass is 10.2. The van der Waals surface area contributed by atoms with Gasteiger partial charge < -0.3 is 5.32 Å². The molecule has 0 aromatic carbocycles. The van der Waals surface area contributed by atoms with Gasteiger partial charge in [0.2, 0.25) is 0 Å². The van der Waals surface area contributed by atoms with Crippen LogP contribution in [0.25, 0.3) is 0 Å². The van der Waals surface area contributed by atoms with E-state index in [1.165, 1.54) is 24.8 Å². The molecule has 0 atom stereocenters. The predicted molar refractivity (Wildman–Crippen MR) is 54.4 cm³/mol. The van der Waals surface area contributed by atoms with E-state index in [9.17, 15) is 0 Å². The summed E-state index contributed by atoms with van der Waals surface area (Å²) < 4.78 is 1.84. The first kappa shape index (κ1) is 10.3. The van der Waals surface area contributed by atoms with Gasteiger partial charge >= 0.3 is 0 Å². The summed E-state index contributed by atoms with van der Waals surface area (Å²) in [7, 11) is 1.95. The molecule has 13 heavy (non-hydrogen) atoms. The van der Waals surface area contributed by atoms with Crippen LogP contribution in [0.5, 0.6) is 0 Å². The van der Waals surface area contributed by atoms with Gasteiger partial charge in [-0.25, -0.2) is 0 Å². The van der Waals surface area contributed by atoms with Gasteiger partial charge in [0.15, 0.2) is 0 Å². The van der Waals surface area contributed by atoms with Crippen LogP contribution < -0.4 is 5.32 Å². The number of nitrogens with one attached hydrogen (secondary N) is 1. The highest BCUT2D eigenvalue weighted by molar-refractivity contribution is 5.02. The summed E-state index contributed by atoms with van der Waals surface area (Å²) in [6.07, 6.45) is 7.84. The second kappa shape index (κ2) is 5.75. The summed E-state index contributed by atoms with van der Waals surface area (Å²) in [6.45, 7) is 4.28. The lowest BCUT2D eigenvalue weighted by Gasteiger charge is -2.00. The minimum Gasteiger partial charge on any atom is -0.313 e. The van der Waals surface area contributed by atoms with Gasteiger partial charge in [0.25, 0.3) is 0 Å². The second-order valence-corrected chi connectivity index (χ2v) is 3.41. The monoisotopic (exact) mass is 181 g/mol. The van der Waals surface area contributed by atoms with Gasteiger partial charge in [0, 0.05) is 25.4 Å². The van der Waals surface area contributed by atoms with E-state index in [-0.39, 0.29) is 0 Å². The molecular weight excluding hydrogens is 162 g/mol. The quantitative estimate of drug-likeness (QED) is 0.677. The van der Waals surface area contributed by atoms with Crippen molar-refractivity contribution in [1.82, 2.24) is 15.1 Å². The molecule has 1 aromatic heterocycles. The molecular formula is C10H19N3. The fourth-order valence-electron chi connectivity index (χ4n) is 1.30. The van der Waals surface area contributed by atoms with Crippen LogP contribution in [-0.2, 0) is 13.6 Å². The Kier molecular flexibility index (Phi) is 4.54. The van der Waals surface area contributed by atoms with Crippen molar-refractivity contribution in [3.05, 3.63) is 18.0 Å². The van der Waals surface area contributed by atoms with Crippen LogP contribution in [0.2, 0.25) is 0 Å². The normalized spacial score (nSPS) is 10.6. The summed E-state index contributed by atoms with van der Waals surface area (Å²) in [5, 5.41) is 7.50. The molecule has 0 radical (unpaired) electrons. The van der Waals surface area contributed by atoms with Crippen molar-refractivity contribution in [2.24, 2.45) is 7.05 Å². The molecule has 0 aliphatic rings. The third kappa shape index (κ3) is 4.08. The smallest absolute Gasteiger partial charge is 0.0534 e. The van der Waals surface area contributed by atoms with E-state index >= 15 is 0 Å². The number of nitrogens with zero attached hydrogens (tertiary/aromatic N) is 2. The SMILES string of the molecule is CCCCCNCc1cnn(C)c1. The standard InChI is InChI=1S/C10H19N3/c1-3-4-5-6-11-7-10-8-12-13(2)9-10/h8-9,11H,3-7H2,1-2H3. The van der Waals surface area contributed by atoms with Crippen LogP contribution in [0.1, 0.15) is 31.7 Å². The highest BCUT2D eigenvalue weighted by atomic mass is 15.2. The third-order valence-electron chi connectivity index (χ3n) is 2.04. The molecule has 74 valence electrons. The van der Waals surface area contributed by atoms with E-state index in [0.717, 1.165) is 13.1 Å². The molecule has 0 unspecified atom stereocenters. The van der Waals surface area contributed by atoms with Crippen LogP contribution in [-0.4, -0.2) is 16.3 Å². The second-order valence-electron chi connectivity index (χ2n) is 3.41. The molecule has 0 saturated heterocycles. The molecule has 3 heteroatoms. The Balaban J connectivity index is 2.06. The van der Waals surface area contributed by atoms with Gasteiger partial charge in [0.1, 0.15) is 0 Å². The molecule has 0 saturated carbocycles. The number of unbranched alkanes of at least 4 members (excludes halogenated alkanes) is 2. The maximum Gasteiger partial charge on any atom is 0.0534 e. The van der Waals surface area contributed by atoms with Gasteiger partial charge in [-0.1, -0.05) is 19.8 Å². The minimum atomic E-state index is 0.942. The van der Waals surface area contributed by atoms with E-state index in [4.69, 9.17) is 0 Å². The molecule has 0 fully saturated rings. The topological polar surface area (TPSA) is 29.9 Å². The van der Waals surface area contributed by atoms with E-state index in [0.29, 0.717) is 0 Å². The predicted octanol–water partition coefficient (Wildman–Crippen LogP) is 1.70. The molecule has 1 heterocycles. The fourth-order valence-corrected chi connectivity index (χ4v) is 1.30. The van der Waals surface area contributed by atoms with Crippen molar-refractivity contribution in [3.63, 3.8) is 0 Å². The average Bonchev–Trinajstić information content (AvgIpc) is 2.51. The summed E-state index contributed by atoms with van der Waals surface area (Å²) in [4.78, 5) is 0. The molecule has 0 aliphatic carbocycles. The van der Waals surface area contributed by atoms with E-state index in [2.05, 4.69) is 17.3 Å². The fraction of sp³-hybridized carbons (Fsp3) is 0.700. The van der Waals surface area contributed by atoms with E-state index in [1.807, 2.05) is 24.1 Å². The van der Waals surface area contributed by atoms with Gasteiger partial charge in [-0.2, -0.15) is 5.10 Å². The number of hydrogen-bond donors (Lipinski definition) is 1. The number of hydrogen-bond acceptors (Lipinski definition) is 2. The Hall–Kier alpha value is -0.830. The highest BCUT2D eigenvalue weighted by Crippen LogP contribution is 1.96. The molecule has 1 aromatic rings. The number of rotatable bonds is 6. The number of aryl methyl sites for hydroxylation is 1. The van der Waals surface area contributed by atoms with Crippen LogP contribution in [0.4, 0.5) is 0 Å². The van der Waals surface area contributed by atoms with Crippen LogP contribution in [0, 0.1) is 0 Å². The van der Waals surface area contributed by atoms with Crippen LogP contribution >= 0.6 is 0 Å². The average molecular weight is 181 g/mol. The Labute approximate surface area is 80.1 Å². The molecule has 1 rings (SSSR count). The van der Waals surface area contributed by atoms with E-state index < -0.39 is 0 Å². The summed E-state index contributed by atoms with van der Waals surface area (Å²) in [5.74, 6) is 0. The zero-order valence-corrected chi connectivity index (χ0v) is 8.58. The maximum absolute atomic E-state index is 4.11. The zero-order valence-electron chi connectivity index (χ0n) is 8.58. The molecule has 0 spiro atoms. The van der Waals surface area contributed by atoms with Gasteiger partial charge in [-0.05, 0) is 13.0 Å². The maximum atomic E-state index is 4.11. The number of aromatic nitrogens is 2. The van der Waals surface area contributed by atoms with Crippen LogP contribution in [0.15, 0.2) is 12.4 Å². The summed E-state index contributed by atoms with van der Waals surface area (Å²) in [5.41, 5.74) is 1.26. The Bertz CT molecular complexity index is 230. The lowest BCUT2D eigenvalue weighted by Crippen LogP contribution is -2.14. The molecule has 1 N–H and O–H groups in total. The Morgan fingerprint density at radius 1 is 1.46 bits per heavy atom. The van der Waals surface area contributed by atoms with Gasteiger partial charge in [-0.15, -0.1) is 0 Å². The zero-order chi connectivity index (χ0) is 9.52. The summed E-state index contributed by atoms with van der Waals surface area (Å²) >= 11 is 0.